The second-order valence-corrected chi connectivity index (χ2v) is 10.8. The van der Waals surface area contributed by atoms with Crippen molar-refractivity contribution in [2.75, 3.05) is 38.3 Å². The summed E-state index contributed by atoms with van der Waals surface area (Å²) in [4.78, 5) is 26.6. The van der Waals surface area contributed by atoms with Crippen molar-refractivity contribution >= 4 is 27.9 Å². The van der Waals surface area contributed by atoms with E-state index in [1.165, 1.54) is 5.56 Å². The second-order valence-electron chi connectivity index (χ2n) is 10.8. The molecule has 4 aromatic rings. The Kier molecular flexibility index (Phi) is 7.09. The van der Waals surface area contributed by atoms with Crippen LogP contribution in [0.5, 0.6) is 0 Å². The fourth-order valence-corrected chi connectivity index (χ4v) is 6.25. The van der Waals surface area contributed by atoms with Crippen molar-refractivity contribution in [1.82, 2.24) is 29.2 Å². The fourth-order valence-electron chi connectivity index (χ4n) is 6.25. The topological polar surface area (TPSA) is 90.5 Å². The van der Waals surface area contributed by atoms with Gasteiger partial charge in [0.2, 0.25) is 0 Å². The zero-order chi connectivity index (χ0) is 27.1. The molecule has 2 aliphatic rings. The molecule has 0 bridgehead atoms. The standard InChI is InChI=1S/C29H37N7O3/c1-19-16-35(29-28-24(10-11-26(37)33(28)3)32-36(29)27-7-5-6-14-39-27)22(18-38-4)17-34(19)20(2)21-8-9-23-25(15-21)31-13-12-30-23/h8-13,15,19-20,22,27H,5-7,14,16-18H2,1-4H3/t19-,20?,22-,27?/m1/s1. The van der Waals surface area contributed by atoms with Gasteiger partial charge in [-0.1, -0.05) is 6.07 Å². The number of fused-ring (bicyclic) bond motifs is 2. The quantitative estimate of drug-likeness (QED) is 0.372. The van der Waals surface area contributed by atoms with Gasteiger partial charge in [0.15, 0.2) is 12.0 Å². The van der Waals surface area contributed by atoms with Crippen LogP contribution in [0.1, 0.15) is 50.9 Å². The van der Waals surface area contributed by atoms with Crippen LogP contribution < -0.4 is 10.5 Å². The van der Waals surface area contributed by atoms with Crippen LogP contribution in [0.4, 0.5) is 5.82 Å². The maximum atomic E-state index is 12.8. The Morgan fingerprint density at radius 2 is 1.87 bits per heavy atom. The van der Waals surface area contributed by atoms with Gasteiger partial charge in [-0.3, -0.25) is 19.7 Å². The van der Waals surface area contributed by atoms with E-state index in [2.05, 4.69) is 51.8 Å². The summed E-state index contributed by atoms with van der Waals surface area (Å²) in [6.45, 7) is 7.37. The number of methoxy groups -OCH3 is 1. The van der Waals surface area contributed by atoms with Crippen LogP contribution >= 0.6 is 0 Å². The third-order valence-electron chi connectivity index (χ3n) is 8.36. The number of anilines is 1. The zero-order valence-electron chi connectivity index (χ0n) is 23.2. The van der Waals surface area contributed by atoms with Gasteiger partial charge < -0.3 is 18.9 Å². The van der Waals surface area contributed by atoms with Gasteiger partial charge >= 0.3 is 0 Å². The first kappa shape index (κ1) is 25.9. The molecule has 2 fully saturated rings. The van der Waals surface area contributed by atoms with E-state index in [9.17, 15) is 4.79 Å². The number of piperazine rings is 1. The Morgan fingerprint density at radius 1 is 1.08 bits per heavy atom. The molecule has 0 amide bonds. The van der Waals surface area contributed by atoms with E-state index in [0.29, 0.717) is 6.61 Å². The van der Waals surface area contributed by atoms with E-state index in [1.54, 1.807) is 30.1 Å². The summed E-state index contributed by atoms with van der Waals surface area (Å²) in [7, 11) is 3.58. The first-order valence-corrected chi connectivity index (χ1v) is 13.9. The number of hydrogen-bond acceptors (Lipinski definition) is 8. The van der Waals surface area contributed by atoms with Gasteiger partial charge in [-0.05, 0) is 56.9 Å². The number of benzene rings is 1. The van der Waals surface area contributed by atoms with E-state index in [0.717, 1.165) is 66.8 Å². The van der Waals surface area contributed by atoms with Gasteiger partial charge in [-0.2, -0.15) is 5.10 Å². The highest BCUT2D eigenvalue weighted by Gasteiger charge is 2.38. The molecule has 2 unspecified atom stereocenters. The Morgan fingerprint density at radius 3 is 2.64 bits per heavy atom. The number of pyridine rings is 1. The summed E-state index contributed by atoms with van der Waals surface area (Å²) >= 11 is 0. The van der Waals surface area contributed by atoms with Crippen molar-refractivity contribution in [3.05, 3.63) is 58.6 Å². The predicted molar refractivity (Wildman–Crippen MR) is 151 cm³/mol. The molecule has 0 N–H and O–H groups in total. The van der Waals surface area contributed by atoms with Gasteiger partial charge in [0.1, 0.15) is 11.0 Å². The molecule has 3 aromatic heterocycles. The third-order valence-corrected chi connectivity index (χ3v) is 8.36. The average molecular weight is 532 g/mol. The van der Waals surface area contributed by atoms with Crippen molar-refractivity contribution in [3.8, 4) is 0 Å². The summed E-state index contributed by atoms with van der Waals surface area (Å²) in [5.41, 5.74) is 4.63. The van der Waals surface area contributed by atoms with Gasteiger partial charge in [0.05, 0.1) is 23.7 Å². The molecule has 39 heavy (non-hydrogen) atoms. The largest absolute Gasteiger partial charge is 0.383 e. The SMILES string of the molecule is COC[C@H]1CN(C(C)c2ccc3nccnc3c2)[C@H](C)CN1c1c2c(ccc(=O)n2C)nn1C1CCCCO1. The first-order chi connectivity index (χ1) is 19.0. The minimum Gasteiger partial charge on any atom is -0.383 e. The van der Waals surface area contributed by atoms with Crippen LogP contribution in [-0.4, -0.2) is 74.7 Å². The molecule has 206 valence electrons. The molecule has 2 saturated heterocycles. The number of ether oxygens (including phenoxy) is 2. The van der Waals surface area contributed by atoms with Crippen LogP contribution in [0, 0.1) is 0 Å². The average Bonchev–Trinajstić information content (AvgIpc) is 3.36. The highest BCUT2D eigenvalue weighted by molar-refractivity contribution is 5.87. The molecule has 2 aliphatic heterocycles. The van der Waals surface area contributed by atoms with Crippen molar-refractivity contribution in [2.45, 2.75) is 57.5 Å². The van der Waals surface area contributed by atoms with Crippen LogP contribution in [0.25, 0.3) is 22.1 Å². The van der Waals surface area contributed by atoms with E-state index >= 15 is 0 Å². The van der Waals surface area contributed by atoms with E-state index in [-0.39, 0.29) is 29.9 Å². The normalized spacial score (nSPS) is 23.5. The molecule has 10 heteroatoms. The Labute approximate surface area is 228 Å². The van der Waals surface area contributed by atoms with Gasteiger partial charge in [-0.25, -0.2) is 4.68 Å². The van der Waals surface area contributed by atoms with Gasteiger partial charge in [0.25, 0.3) is 5.56 Å². The summed E-state index contributed by atoms with van der Waals surface area (Å²) in [6.07, 6.45) is 6.38. The van der Waals surface area contributed by atoms with E-state index in [1.807, 2.05) is 17.8 Å². The molecule has 0 saturated carbocycles. The highest BCUT2D eigenvalue weighted by Crippen LogP contribution is 2.37. The number of hydrogen-bond donors (Lipinski definition) is 0. The van der Waals surface area contributed by atoms with Crippen LogP contribution in [0.2, 0.25) is 0 Å². The molecular formula is C29H37N7O3. The molecule has 6 rings (SSSR count). The molecule has 5 heterocycles. The smallest absolute Gasteiger partial charge is 0.250 e. The Hall–Kier alpha value is -3.34. The number of aromatic nitrogens is 5. The van der Waals surface area contributed by atoms with Gasteiger partial charge in [-0.15, -0.1) is 0 Å². The lowest BCUT2D eigenvalue weighted by molar-refractivity contribution is -0.0388. The maximum Gasteiger partial charge on any atom is 0.250 e. The minimum absolute atomic E-state index is 0.0455. The molecular weight excluding hydrogens is 494 g/mol. The van der Waals surface area contributed by atoms with Crippen LogP contribution in [-0.2, 0) is 16.5 Å². The molecule has 0 aliphatic carbocycles. The monoisotopic (exact) mass is 531 g/mol. The maximum absolute atomic E-state index is 12.8. The number of rotatable bonds is 6. The third kappa shape index (κ3) is 4.70. The van der Waals surface area contributed by atoms with E-state index in [4.69, 9.17) is 14.6 Å². The van der Waals surface area contributed by atoms with Crippen LogP contribution in [0.15, 0.2) is 47.5 Å². The predicted octanol–water partition coefficient (Wildman–Crippen LogP) is 3.66. The van der Waals surface area contributed by atoms with Crippen molar-refractivity contribution in [2.24, 2.45) is 7.05 Å². The van der Waals surface area contributed by atoms with E-state index < -0.39 is 0 Å². The minimum atomic E-state index is -0.148. The summed E-state index contributed by atoms with van der Waals surface area (Å²) in [6, 6.07) is 10.3. The lowest BCUT2D eigenvalue weighted by atomic mass is 10.00. The molecule has 1 aromatic carbocycles. The van der Waals surface area contributed by atoms with Gasteiger partial charge in [0, 0.05) is 64.4 Å². The Bertz CT molecular complexity index is 1530. The summed E-state index contributed by atoms with van der Waals surface area (Å²) in [5, 5.41) is 4.99. The van der Waals surface area contributed by atoms with Crippen molar-refractivity contribution < 1.29 is 9.47 Å². The Balaban J connectivity index is 1.39. The molecule has 0 radical (unpaired) electrons. The summed E-state index contributed by atoms with van der Waals surface area (Å²) in [5.74, 6) is 0.944. The number of aryl methyl sites for hydroxylation is 1. The van der Waals surface area contributed by atoms with Crippen LogP contribution in [0.3, 0.4) is 0 Å². The second kappa shape index (κ2) is 10.7. The summed E-state index contributed by atoms with van der Waals surface area (Å²) < 4.78 is 15.7. The van der Waals surface area contributed by atoms with Crippen molar-refractivity contribution in [3.63, 3.8) is 0 Å². The molecule has 4 atom stereocenters. The first-order valence-electron chi connectivity index (χ1n) is 13.9. The fraction of sp³-hybridized carbons (Fsp3) is 0.517. The molecule has 0 spiro atoms. The van der Waals surface area contributed by atoms with Crippen molar-refractivity contribution in [1.29, 1.82) is 0 Å². The molecule has 10 nitrogen and oxygen atoms in total. The zero-order valence-corrected chi connectivity index (χ0v) is 23.2. The lowest BCUT2D eigenvalue weighted by Crippen LogP contribution is -2.60. The highest BCUT2D eigenvalue weighted by atomic mass is 16.5. The lowest BCUT2D eigenvalue weighted by Gasteiger charge is -2.48. The number of nitrogens with zero attached hydrogens (tertiary/aromatic N) is 7.